The predicted octanol–water partition coefficient (Wildman–Crippen LogP) is 2.67. The van der Waals surface area contributed by atoms with Gasteiger partial charge in [0.25, 0.3) is 0 Å². The molecule has 1 N–H and O–H groups in total. The first-order chi connectivity index (χ1) is 9.33. The number of nitrogens with zero attached hydrogens (tertiary/aromatic N) is 3. The van der Waals surface area contributed by atoms with Crippen LogP contribution in [0.2, 0.25) is 0 Å². The lowest BCUT2D eigenvalue weighted by Crippen LogP contribution is -2.22. The summed E-state index contributed by atoms with van der Waals surface area (Å²) in [4.78, 5) is 12.4. The lowest BCUT2D eigenvalue weighted by atomic mass is 10.3. The minimum Gasteiger partial charge on any atom is -0.342 e. The number of aromatic nitrogens is 2. The summed E-state index contributed by atoms with van der Waals surface area (Å²) in [6.07, 6.45) is 3.80. The minimum absolute atomic E-state index is 0.811. The molecule has 0 unspecified atom stereocenters. The number of nitrogens with one attached hydrogen (secondary N) is 1. The fourth-order valence-corrected chi connectivity index (χ4v) is 2.72. The van der Waals surface area contributed by atoms with Crippen molar-refractivity contribution in [3.8, 4) is 0 Å². The van der Waals surface area contributed by atoms with Crippen LogP contribution in [-0.2, 0) is 13.1 Å². The molecule has 19 heavy (non-hydrogen) atoms. The van der Waals surface area contributed by atoms with E-state index >= 15 is 0 Å². The van der Waals surface area contributed by atoms with E-state index in [9.17, 15) is 0 Å². The van der Waals surface area contributed by atoms with Gasteiger partial charge in [0.15, 0.2) is 5.13 Å². The quantitative estimate of drug-likeness (QED) is 0.844. The molecule has 2 aromatic heterocycles. The van der Waals surface area contributed by atoms with Gasteiger partial charge in [-0.15, -0.1) is 11.3 Å². The van der Waals surface area contributed by atoms with Crippen molar-refractivity contribution in [1.82, 2.24) is 15.3 Å². The zero-order chi connectivity index (χ0) is 13.5. The molecule has 0 saturated carbocycles. The van der Waals surface area contributed by atoms with Gasteiger partial charge in [-0.1, -0.05) is 13.0 Å². The van der Waals surface area contributed by atoms with Crippen LogP contribution in [0.5, 0.6) is 0 Å². The van der Waals surface area contributed by atoms with Gasteiger partial charge >= 0.3 is 0 Å². The third kappa shape index (κ3) is 4.01. The Labute approximate surface area is 118 Å². The highest BCUT2D eigenvalue weighted by Crippen LogP contribution is 2.23. The van der Waals surface area contributed by atoms with Gasteiger partial charge in [0.05, 0.1) is 12.2 Å². The normalized spacial score (nSPS) is 10.6. The number of anilines is 1. The maximum atomic E-state index is 4.51. The van der Waals surface area contributed by atoms with Gasteiger partial charge < -0.3 is 10.2 Å². The monoisotopic (exact) mass is 276 g/mol. The zero-order valence-electron chi connectivity index (χ0n) is 11.5. The molecule has 4 nitrogen and oxygen atoms in total. The van der Waals surface area contributed by atoms with E-state index in [2.05, 4.69) is 40.1 Å². The Morgan fingerprint density at radius 2 is 2.16 bits per heavy atom. The summed E-state index contributed by atoms with van der Waals surface area (Å²) in [7, 11) is 0. The Morgan fingerprint density at radius 1 is 1.26 bits per heavy atom. The van der Waals surface area contributed by atoms with E-state index in [1.165, 1.54) is 4.88 Å². The summed E-state index contributed by atoms with van der Waals surface area (Å²) in [6.45, 7) is 7.89. The molecule has 0 aliphatic rings. The molecular weight excluding hydrogens is 256 g/mol. The van der Waals surface area contributed by atoms with Gasteiger partial charge in [-0.3, -0.25) is 4.98 Å². The molecule has 0 radical (unpaired) electrons. The third-order valence-electron chi connectivity index (χ3n) is 2.82. The number of hydrogen-bond donors (Lipinski definition) is 1. The van der Waals surface area contributed by atoms with Crippen molar-refractivity contribution in [2.75, 3.05) is 18.0 Å². The second-order valence-corrected chi connectivity index (χ2v) is 5.32. The van der Waals surface area contributed by atoms with E-state index in [0.717, 1.165) is 37.0 Å². The van der Waals surface area contributed by atoms with Crippen LogP contribution >= 0.6 is 11.3 Å². The van der Waals surface area contributed by atoms with Crippen LogP contribution in [0.1, 0.15) is 24.4 Å². The smallest absolute Gasteiger partial charge is 0.185 e. The maximum absolute atomic E-state index is 4.51. The Morgan fingerprint density at radius 3 is 2.84 bits per heavy atom. The molecule has 2 rings (SSSR count). The fourth-order valence-electron chi connectivity index (χ4n) is 1.78. The van der Waals surface area contributed by atoms with Crippen LogP contribution in [-0.4, -0.2) is 23.1 Å². The van der Waals surface area contributed by atoms with Gasteiger partial charge in [-0.25, -0.2) is 4.98 Å². The van der Waals surface area contributed by atoms with Crippen molar-refractivity contribution in [2.24, 2.45) is 0 Å². The van der Waals surface area contributed by atoms with Crippen LogP contribution in [0.15, 0.2) is 30.6 Å². The maximum Gasteiger partial charge on any atom is 0.185 e. The summed E-state index contributed by atoms with van der Waals surface area (Å²) in [6, 6.07) is 6.02. The Kier molecular flexibility index (Phi) is 5.30. The van der Waals surface area contributed by atoms with Crippen LogP contribution in [0.3, 0.4) is 0 Å². The van der Waals surface area contributed by atoms with Crippen molar-refractivity contribution in [2.45, 2.75) is 26.9 Å². The average molecular weight is 276 g/mol. The molecule has 0 spiro atoms. The molecule has 0 bridgehead atoms. The molecule has 2 aromatic rings. The zero-order valence-corrected chi connectivity index (χ0v) is 12.3. The summed E-state index contributed by atoms with van der Waals surface area (Å²) in [5.41, 5.74) is 1.08. The fraction of sp³-hybridized carbons (Fsp3) is 0.429. The Balaban J connectivity index is 2.03. The van der Waals surface area contributed by atoms with Gasteiger partial charge in [0.1, 0.15) is 0 Å². The molecule has 0 amide bonds. The molecule has 0 fully saturated rings. The van der Waals surface area contributed by atoms with Gasteiger partial charge in [0.2, 0.25) is 0 Å². The second-order valence-electron chi connectivity index (χ2n) is 4.22. The topological polar surface area (TPSA) is 41.1 Å². The molecule has 102 valence electrons. The van der Waals surface area contributed by atoms with E-state index in [4.69, 9.17) is 0 Å². The van der Waals surface area contributed by atoms with Crippen LogP contribution < -0.4 is 10.2 Å². The minimum atomic E-state index is 0.811. The summed E-state index contributed by atoms with van der Waals surface area (Å²) in [5, 5.41) is 4.39. The predicted molar refractivity (Wildman–Crippen MR) is 80.5 cm³/mol. The highest BCUT2D eigenvalue weighted by molar-refractivity contribution is 7.15. The van der Waals surface area contributed by atoms with E-state index in [1.807, 2.05) is 24.5 Å². The number of pyridine rings is 1. The molecule has 0 aliphatic carbocycles. The van der Waals surface area contributed by atoms with Crippen molar-refractivity contribution in [1.29, 1.82) is 0 Å². The molecule has 0 atom stereocenters. The summed E-state index contributed by atoms with van der Waals surface area (Å²) < 4.78 is 0. The SMILES string of the molecule is CCNCc1cnc(N(CC)Cc2ccccn2)s1. The first kappa shape index (κ1) is 14.0. The van der Waals surface area contributed by atoms with Gasteiger partial charge in [-0.05, 0) is 25.6 Å². The number of thiazole rings is 1. The van der Waals surface area contributed by atoms with E-state index < -0.39 is 0 Å². The average Bonchev–Trinajstić information content (AvgIpc) is 2.92. The molecule has 0 saturated heterocycles. The van der Waals surface area contributed by atoms with Crippen LogP contribution in [0.4, 0.5) is 5.13 Å². The van der Waals surface area contributed by atoms with Crippen LogP contribution in [0.25, 0.3) is 0 Å². The number of rotatable bonds is 7. The third-order valence-corrected chi connectivity index (χ3v) is 3.88. The van der Waals surface area contributed by atoms with Gasteiger partial charge in [0, 0.05) is 30.4 Å². The summed E-state index contributed by atoms with van der Waals surface area (Å²) >= 11 is 1.75. The van der Waals surface area contributed by atoms with Crippen molar-refractivity contribution in [3.05, 3.63) is 41.2 Å². The first-order valence-corrected chi connectivity index (χ1v) is 7.45. The van der Waals surface area contributed by atoms with E-state index in [-0.39, 0.29) is 0 Å². The standard InChI is InChI=1S/C14H20N4S/c1-3-15-9-13-10-17-14(19-13)18(4-2)11-12-7-5-6-8-16-12/h5-8,10,15H,3-4,9,11H2,1-2H3. The second kappa shape index (κ2) is 7.21. The molecule has 2 heterocycles. The lowest BCUT2D eigenvalue weighted by Gasteiger charge is -2.19. The number of hydrogen-bond acceptors (Lipinski definition) is 5. The van der Waals surface area contributed by atoms with E-state index in [1.54, 1.807) is 11.3 Å². The van der Waals surface area contributed by atoms with E-state index in [0.29, 0.717) is 0 Å². The Bertz CT molecular complexity index is 483. The van der Waals surface area contributed by atoms with Crippen molar-refractivity contribution >= 4 is 16.5 Å². The Hall–Kier alpha value is -1.46. The van der Waals surface area contributed by atoms with Crippen molar-refractivity contribution in [3.63, 3.8) is 0 Å². The first-order valence-electron chi connectivity index (χ1n) is 6.63. The molecule has 0 aromatic carbocycles. The lowest BCUT2D eigenvalue weighted by molar-refractivity contribution is 0.734. The van der Waals surface area contributed by atoms with Crippen molar-refractivity contribution < 1.29 is 0 Å². The summed E-state index contributed by atoms with van der Waals surface area (Å²) in [5.74, 6) is 0. The molecule has 5 heteroatoms. The largest absolute Gasteiger partial charge is 0.342 e. The highest BCUT2D eigenvalue weighted by Gasteiger charge is 2.10. The molecule has 0 aliphatic heterocycles. The molecular formula is C14H20N4S. The van der Waals surface area contributed by atoms with Gasteiger partial charge in [-0.2, -0.15) is 0 Å². The van der Waals surface area contributed by atoms with Crippen LogP contribution in [0, 0.1) is 0 Å². The highest BCUT2D eigenvalue weighted by atomic mass is 32.1.